The van der Waals surface area contributed by atoms with Crippen molar-refractivity contribution in [1.29, 1.82) is 0 Å². The molecule has 0 heterocycles. The van der Waals surface area contributed by atoms with E-state index >= 15 is 0 Å². The quantitative estimate of drug-likeness (QED) is 0.409. The number of hydrogen-bond donors (Lipinski definition) is 1. The minimum absolute atomic E-state index is 0. The molecule has 0 spiro atoms. The van der Waals surface area contributed by atoms with Crippen LogP contribution in [0.15, 0.2) is 0 Å². The molecular formula is H6CeNO5S+3. The number of quaternary nitrogens is 1. The molecule has 0 bridgehead atoms. The van der Waals surface area contributed by atoms with Gasteiger partial charge in [0.2, 0.25) is 0 Å². The number of rotatable bonds is 0. The molecule has 6 N–H and O–H groups in total. The Morgan fingerprint density at radius 3 is 1.12 bits per heavy atom. The van der Waals surface area contributed by atoms with E-state index in [1.165, 1.54) is 0 Å². The first kappa shape index (κ1) is 22.9. The van der Waals surface area contributed by atoms with E-state index in [1.54, 1.807) is 0 Å². The minimum atomic E-state index is -5.17. The maximum Gasteiger partial charge on any atom is 4.00 e. The van der Waals surface area contributed by atoms with Gasteiger partial charge in [0.15, 0.2) is 0 Å². The van der Waals surface area contributed by atoms with Crippen molar-refractivity contribution in [1.82, 2.24) is 6.15 Å². The van der Waals surface area contributed by atoms with Crippen molar-refractivity contribution in [2.24, 2.45) is 0 Å². The molecule has 0 aromatic heterocycles. The second-order valence-corrected chi connectivity index (χ2v) is 1.22. The van der Waals surface area contributed by atoms with Crippen molar-refractivity contribution in [3.63, 3.8) is 0 Å². The fraction of sp³-hybridized carbons (Fsp3) is 0. The molecule has 0 fully saturated rings. The summed E-state index contributed by atoms with van der Waals surface area (Å²) < 4.78 is 34.1. The minimum Gasteiger partial charge on any atom is -0.759 e. The van der Waals surface area contributed by atoms with Gasteiger partial charge in [0.1, 0.15) is 0 Å². The van der Waals surface area contributed by atoms with Crippen LogP contribution in [0.2, 0.25) is 0 Å². The van der Waals surface area contributed by atoms with Crippen molar-refractivity contribution >= 4 is 10.4 Å². The van der Waals surface area contributed by atoms with E-state index in [9.17, 15) is 0 Å². The summed E-state index contributed by atoms with van der Waals surface area (Å²) in [5.41, 5.74) is 0. The Balaban J connectivity index is -0.0000000267. The van der Waals surface area contributed by atoms with E-state index in [1.807, 2.05) is 0 Å². The first-order chi connectivity index (χ1) is 2.00. The van der Waals surface area contributed by atoms with E-state index < -0.39 is 10.4 Å². The number of hydrogen-bond acceptors (Lipinski definition) is 4. The average molecular weight is 272 g/mol. The van der Waals surface area contributed by atoms with Gasteiger partial charge in [-0.25, -0.2) is 0 Å². The van der Waals surface area contributed by atoms with Crippen LogP contribution in [0.1, 0.15) is 0 Å². The van der Waals surface area contributed by atoms with E-state index in [0.717, 1.165) is 0 Å². The maximum atomic E-state index is 8.52. The van der Waals surface area contributed by atoms with Gasteiger partial charge >= 0.3 is 41.7 Å². The van der Waals surface area contributed by atoms with Crippen LogP contribution in [0.4, 0.5) is 0 Å². The van der Waals surface area contributed by atoms with E-state index in [2.05, 4.69) is 0 Å². The van der Waals surface area contributed by atoms with Crippen molar-refractivity contribution in [3.8, 4) is 0 Å². The summed E-state index contributed by atoms with van der Waals surface area (Å²) in [7, 11) is -5.17. The average Bonchev–Trinajstić information content (AvgIpc) is 0.722. The van der Waals surface area contributed by atoms with Gasteiger partial charge in [0.25, 0.3) is 0 Å². The molecule has 48 valence electrons. The van der Waals surface area contributed by atoms with Crippen molar-refractivity contribution in [2.45, 2.75) is 0 Å². The smallest absolute Gasteiger partial charge is 0.759 e. The molecule has 0 atom stereocenters. The first-order valence-corrected chi connectivity index (χ1v) is 2.00. The van der Waals surface area contributed by atoms with Gasteiger partial charge in [-0.05, 0) is 0 Å². The van der Waals surface area contributed by atoms with Crippen LogP contribution in [0, 0.1) is 41.7 Å². The molecule has 0 aliphatic carbocycles. The first-order valence-electron chi connectivity index (χ1n) is 0.667. The Hall–Kier alpha value is 1.17. The Morgan fingerprint density at radius 2 is 1.12 bits per heavy atom. The molecule has 0 aliphatic heterocycles. The largest absolute Gasteiger partial charge is 4.00 e. The summed E-state index contributed by atoms with van der Waals surface area (Å²) >= 11 is 0. The van der Waals surface area contributed by atoms with Gasteiger partial charge in [0.05, 0.1) is 0 Å². The van der Waals surface area contributed by atoms with Crippen LogP contribution in [-0.2, 0) is 10.4 Å². The third-order valence-corrected chi connectivity index (χ3v) is 0. The zero-order valence-corrected chi connectivity index (χ0v) is 8.00. The molecule has 8 heteroatoms. The molecule has 0 unspecified atom stereocenters. The SMILES string of the molecule is O.O=S(=O)([O-])[O-].[Ce+4].[NH4+]. The van der Waals surface area contributed by atoms with Gasteiger partial charge in [-0.3, -0.25) is 8.42 Å². The third kappa shape index (κ3) is 200. The van der Waals surface area contributed by atoms with Crippen LogP contribution in [0.5, 0.6) is 0 Å². The zero-order valence-electron chi connectivity index (χ0n) is 4.04. The van der Waals surface area contributed by atoms with Crippen molar-refractivity contribution in [3.05, 3.63) is 0 Å². The molecule has 0 radical (unpaired) electrons. The molecule has 8 heavy (non-hydrogen) atoms. The second-order valence-electron chi connectivity index (χ2n) is 0.408. The summed E-state index contributed by atoms with van der Waals surface area (Å²) in [5.74, 6) is 0. The van der Waals surface area contributed by atoms with Crippen molar-refractivity contribution < 1.29 is 64.7 Å². The van der Waals surface area contributed by atoms with E-state index in [-0.39, 0.29) is 53.4 Å². The fourth-order valence-corrected chi connectivity index (χ4v) is 0. The Labute approximate surface area is 80.5 Å². The van der Waals surface area contributed by atoms with Gasteiger partial charge in [-0.2, -0.15) is 0 Å². The van der Waals surface area contributed by atoms with E-state index in [4.69, 9.17) is 17.5 Å². The summed E-state index contributed by atoms with van der Waals surface area (Å²) in [6.07, 6.45) is 0. The van der Waals surface area contributed by atoms with Crippen LogP contribution in [0.25, 0.3) is 0 Å². The predicted octanol–water partition coefficient (Wildman–Crippen LogP) is -1.79. The van der Waals surface area contributed by atoms with Crippen molar-refractivity contribution in [2.75, 3.05) is 0 Å². The molecule has 0 aromatic rings. The summed E-state index contributed by atoms with van der Waals surface area (Å²) in [5, 5.41) is 0. The van der Waals surface area contributed by atoms with Crippen LogP contribution in [-0.4, -0.2) is 23.0 Å². The fourth-order valence-electron chi connectivity index (χ4n) is 0. The molecule has 0 rings (SSSR count). The van der Waals surface area contributed by atoms with E-state index in [0.29, 0.717) is 0 Å². The molecule has 0 saturated heterocycles. The summed E-state index contributed by atoms with van der Waals surface area (Å²) in [6.45, 7) is 0. The zero-order chi connectivity index (χ0) is 4.50. The predicted molar refractivity (Wildman–Crippen MR) is 20.1 cm³/mol. The Bertz CT molecular complexity index is 95.6. The summed E-state index contributed by atoms with van der Waals surface area (Å²) in [6, 6.07) is 0. The van der Waals surface area contributed by atoms with Crippen LogP contribution >= 0.6 is 0 Å². The van der Waals surface area contributed by atoms with Gasteiger partial charge in [-0.1, -0.05) is 0 Å². The van der Waals surface area contributed by atoms with Crippen LogP contribution < -0.4 is 6.15 Å². The molecule has 0 saturated carbocycles. The van der Waals surface area contributed by atoms with Gasteiger partial charge in [0, 0.05) is 10.4 Å². The molecule has 0 aromatic carbocycles. The molecule has 6 nitrogen and oxygen atoms in total. The standard InChI is InChI=1S/Ce.H3N.H2O4S.H2O/c;;1-5(2,3)4;/h;1H3;(H2,1,2,3,4);1H2/q+4;;;/p-1. The molecule has 0 aliphatic rings. The normalized spacial score (nSPS) is 7.25. The second kappa shape index (κ2) is 8.17. The molecule has 0 amide bonds. The molecular weight excluding hydrogens is 266 g/mol. The van der Waals surface area contributed by atoms with Gasteiger partial charge in [-0.15, -0.1) is 0 Å². The topological polar surface area (TPSA) is 148 Å². The van der Waals surface area contributed by atoms with Crippen LogP contribution in [0.3, 0.4) is 0 Å². The summed E-state index contributed by atoms with van der Waals surface area (Å²) in [4.78, 5) is 0. The Kier molecular flexibility index (Phi) is 23.4. The Morgan fingerprint density at radius 1 is 1.12 bits per heavy atom. The van der Waals surface area contributed by atoms with Gasteiger partial charge < -0.3 is 20.7 Å². The monoisotopic (exact) mass is 272 g/mol. The third-order valence-electron chi connectivity index (χ3n) is 0. The maximum absolute atomic E-state index is 8.52.